The number of likely N-dealkylation sites (tertiary alicyclic amines) is 1. The lowest BCUT2D eigenvalue weighted by Crippen LogP contribution is -2.63. The van der Waals surface area contributed by atoms with Crippen LogP contribution >= 0.6 is 9.24 Å². The van der Waals surface area contributed by atoms with Crippen molar-refractivity contribution in [3.05, 3.63) is 103 Å². The lowest BCUT2D eigenvalue weighted by molar-refractivity contribution is -0.155. The molecule has 0 saturated carbocycles. The molecule has 3 aliphatic heterocycles. The number of pyridine rings is 1. The second-order valence-corrected chi connectivity index (χ2v) is 20.6. The Bertz CT molecular complexity index is 2560. The van der Waals surface area contributed by atoms with Gasteiger partial charge in [-0.05, 0) is 91.6 Å². The highest BCUT2D eigenvalue weighted by molar-refractivity contribution is 7.21. The van der Waals surface area contributed by atoms with Gasteiger partial charge in [-0.3, -0.25) is 29.2 Å². The van der Waals surface area contributed by atoms with Crippen molar-refractivity contribution in [2.45, 2.75) is 109 Å². The Kier molecular flexibility index (Phi) is 14.8. The van der Waals surface area contributed by atoms with Gasteiger partial charge in [0.1, 0.15) is 29.5 Å². The fourth-order valence-electron chi connectivity index (χ4n) is 10.0. The lowest BCUT2D eigenvalue weighted by Gasteiger charge is -2.38. The summed E-state index contributed by atoms with van der Waals surface area (Å²) < 4.78 is 30.0. The van der Waals surface area contributed by atoms with E-state index in [4.69, 9.17) is 14.5 Å². The Balaban J connectivity index is 1.30. The van der Waals surface area contributed by atoms with Gasteiger partial charge in [0.05, 0.1) is 30.6 Å². The topological polar surface area (TPSA) is 138 Å². The number of esters is 1. The number of methoxy groups -OCH3 is 1. The van der Waals surface area contributed by atoms with Crippen LogP contribution in [0.15, 0.2) is 85.7 Å². The molecule has 2 N–H and O–H groups in total. The van der Waals surface area contributed by atoms with Gasteiger partial charge >= 0.3 is 5.97 Å². The molecule has 2 aromatic carbocycles. The van der Waals surface area contributed by atoms with Gasteiger partial charge in [-0.25, -0.2) is 9.82 Å². The van der Waals surface area contributed by atoms with Crippen LogP contribution in [0.2, 0.25) is 0 Å². The van der Waals surface area contributed by atoms with Gasteiger partial charge in [-0.1, -0.05) is 71.2 Å². The monoisotopic (exact) mass is 935 g/mol. The van der Waals surface area contributed by atoms with Crippen LogP contribution in [-0.4, -0.2) is 118 Å². The third-order valence-corrected chi connectivity index (χ3v) is 14.5. The minimum absolute atomic E-state index is 0.0391. The van der Waals surface area contributed by atoms with E-state index in [1.54, 1.807) is 18.2 Å². The number of fused-ring (bicyclic) bond motifs is 6. The van der Waals surface area contributed by atoms with E-state index < -0.39 is 64.5 Å². The summed E-state index contributed by atoms with van der Waals surface area (Å²) in [6.07, 6.45) is 3.15. The van der Waals surface area contributed by atoms with Gasteiger partial charge in [0.2, 0.25) is 11.8 Å². The molecule has 67 heavy (non-hydrogen) atoms. The van der Waals surface area contributed by atoms with Crippen molar-refractivity contribution in [2.24, 2.45) is 11.3 Å². The first-order valence-electron chi connectivity index (χ1n) is 23.4. The minimum Gasteiger partial charge on any atom is -0.464 e. The molecule has 2 saturated heterocycles. The van der Waals surface area contributed by atoms with Gasteiger partial charge in [0.15, 0.2) is 0 Å². The van der Waals surface area contributed by atoms with Crippen molar-refractivity contribution in [1.82, 2.24) is 35.1 Å². The highest BCUT2D eigenvalue weighted by Gasteiger charge is 2.52. The fraction of sp³-hybridized carbons (Fsp3) is 0.481. The smallest absolute Gasteiger partial charge is 0.324 e. The number of rotatable bonds is 11. The summed E-state index contributed by atoms with van der Waals surface area (Å²) in [6.45, 7) is 20.7. The van der Waals surface area contributed by atoms with E-state index in [0.717, 1.165) is 50.1 Å². The van der Waals surface area contributed by atoms with Crippen LogP contribution in [0.3, 0.4) is 0 Å². The third-order valence-electron chi connectivity index (χ3n) is 13.7. The van der Waals surface area contributed by atoms with Crippen LogP contribution < -0.4 is 10.7 Å². The largest absolute Gasteiger partial charge is 0.464 e. The van der Waals surface area contributed by atoms with Crippen molar-refractivity contribution in [2.75, 3.05) is 40.4 Å². The number of benzene rings is 2. The molecule has 4 unspecified atom stereocenters. The van der Waals surface area contributed by atoms with E-state index >= 15 is 4.39 Å². The molecule has 0 radical (unpaired) electrons. The number of hydrogen-bond donors (Lipinski definition) is 2. The van der Waals surface area contributed by atoms with Crippen LogP contribution in [0, 0.1) is 11.3 Å². The number of cyclic esters (lactones) is 1. The molecule has 358 valence electrons. The number of carbonyl (C=O) groups excluding carboxylic acids is 4. The summed E-state index contributed by atoms with van der Waals surface area (Å²) in [6, 6.07) is 15.5. The van der Waals surface area contributed by atoms with E-state index in [1.807, 2.05) is 51.1 Å². The molecule has 15 heteroatoms. The number of hydrazine groups is 1. The molecule has 5 heterocycles. The number of ether oxygens (including phenoxy) is 2. The highest BCUT2D eigenvalue weighted by atomic mass is 31.0. The number of halogens is 1. The first-order valence-corrected chi connectivity index (χ1v) is 23.9. The highest BCUT2D eigenvalue weighted by Crippen LogP contribution is 2.42. The van der Waals surface area contributed by atoms with Crippen molar-refractivity contribution in [3.63, 3.8) is 0 Å². The van der Waals surface area contributed by atoms with Crippen LogP contribution in [0.1, 0.15) is 77.3 Å². The summed E-state index contributed by atoms with van der Waals surface area (Å²) >= 11 is 0. The number of hydrogen-bond acceptors (Lipinski definition) is 9. The van der Waals surface area contributed by atoms with Gasteiger partial charge in [0.25, 0.3) is 5.91 Å². The summed E-state index contributed by atoms with van der Waals surface area (Å²) in [4.78, 5) is 65.3. The number of nitrogens with zero attached hydrogens (tertiary/aromatic N) is 5. The molecule has 0 aliphatic carbocycles. The average molecular weight is 936 g/mol. The predicted octanol–water partition coefficient (Wildman–Crippen LogP) is 7.20. The zero-order valence-corrected chi connectivity index (χ0v) is 41.4. The molecule has 2 aromatic heterocycles. The quantitative estimate of drug-likeness (QED) is 0.0910. The maximum atomic E-state index is 15.8. The van der Waals surface area contributed by atoms with E-state index in [1.165, 1.54) is 23.0 Å². The Morgan fingerprint density at radius 2 is 1.88 bits per heavy atom. The molecule has 3 aliphatic rings. The standard InChI is InChI=1S/C52H67FN7O6P/c1-11-32(5)58-28-43(53)52(67,29-58)50(64)57(9)45(31(3)4)47(61)55-41-25-34-16-13-17-35(24-34)36-20-21-42-38(26-36)39(46(59(42)12-2)37-18-14-22-54-44(37)33(6)65-10)27-51(7,8)30-66-49(63)40-19-15-23-60(56-40)48(41)62/h11,13-14,16-18,20-22,24,26,31,33,40-41,43,45,56H,1,5,12,15,19,23,25,27-30,67H2,2-4,6-10H3,(H,55,61)/t33?,40-,41?,43+,45?,52-/m0/s1. The molecule has 6 bridgehead atoms. The van der Waals surface area contributed by atoms with E-state index in [0.29, 0.717) is 38.0 Å². The second kappa shape index (κ2) is 20.0. The molecule has 2 fully saturated rings. The van der Waals surface area contributed by atoms with E-state index in [9.17, 15) is 19.2 Å². The van der Waals surface area contributed by atoms with E-state index in [2.05, 4.69) is 82.7 Å². The van der Waals surface area contributed by atoms with Crippen LogP contribution in [0.5, 0.6) is 0 Å². The van der Waals surface area contributed by atoms with Crippen molar-refractivity contribution in [1.29, 1.82) is 0 Å². The molecular formula is C52H67FN7O6P. The predicted molar refractivity (Wildman–Crippen MR) is 263 cm³/mol. The summed E-state index contributed by atoms with van der Waals surface area (Å²) in [7, 11) is 5.59. The van der Waals surface area contributed by atoms with Gasteiger partial charge in [-0.15, -0.1) is 9.24 Å². The summed E-state index contributed by atoms with van der Waals surface area (Å²) in [5.74, 6) is -2.44. The normalized spacial score (nSPS) is 23.1. The maximum absolute atomic E-state index is 15.8. The van der Waals surface area contributed by atoms with Crippen LogP contribution in [0.4, 0.5) is 4.39 Å². The number of nitrogens with one attached hydrogen (secondary N) is 2. The maximum Gasteiger partial charge on any atom is 0.324 e. The summed E-state index contributed by atoms with van der Waals surface area (Å²) in [5.41, 5.74) is 10.8. The van der Waals surface area contributed by atoms with Crippen LogP contribution in [-0.2, 0) is 48.0 Å². The Labute approximate surface area is 396 Å². The molecule has 3 amide bonds. The zero-order valence-electron chi connectivity index (χ0n) is 40.2. The van der Waals surface area contributed by atoms with E-state index in [-0.39, 0.29) is 32.2 Å². The molecular weight excluding hydrogens is 869 g/mol. The Morgan fingerprint density at radius 3 is 2.58 bits per heavy atom. The molecule has 7 rings (SSSR count). The molecule has 4 aromatic rings. The second-order valence-electron chi connectivity index (χ2n) is 19.5. The number of likely N-dealkylation sites (N-methyl/N-ethyl adjacent to an activating group) is 1. The first kappa shape index (κ1) is 49.5. The molecule has 7 atom stereocenters. The molecule has 0 spiro atoms. The average Bonchev–Trinajstić information content (AvgIpc) is 3.80. The summed E-state index contributed by atoms with van der Waals surface area (Å²) in [5, 5.41) is 3.96. The number of carbonyl (C=O) groups is 4. The SMILES string of the molecule is C=CC(=C)N1C[C@@H](F)[C@](P)(C(=O)N(C)C(C(=O)NC2Cc3cccc(c3)-c3ccc4c(c3)c(c(-c3cccnc3C(C)OC)n4CC)CC(C)(C)COC(=O)[C@@H]3CCCN(N3)C2=O)C(C)C)C1. The number of aryl methyl sites for hydroxylation is 1. The zero-order chi connectivity index (χ0) is 48.5. The van der Waals surface area contributed by atoms with Crippen molar-refractivity contribution in [3.8, 4) is 22.4 Å². The Morgan fingerprint density at radius 1 is 1.13 bits per heavy atom. The number of aromatic nitrogens is 2. The number of allylic oxidation sites excluding steroid dienone is 1. The van der Waals surface area contributed by atoms with Gasteiger partial charge in [-0.2, -0.15) is 0 Å². The van der Waals surface area contributed by atoms with Crippen molar-refractivity contribution >= 4 is 43.8 Å². The third kappa shape index (κ3) is 9.94. The van der Waals surface area contributed by atoms with Crippen molar-refractivity contribution < 1.29 is 33.0 Å². The first-order chi connectivity index (χ1) is 31.8. The number of amides is 3. The number of alkyl halides is 1. The van der Waals surface area contributed by atoms with Crippen LogP contribution in [0.25, 0.3) is 33.3 Å². The van der Waals surface area contributed by atoms with Gasteiger partial charge in [0, 0.05) is 74.0 Å². The fourth-order valence-corrected chi connectivity index (χ4v) is 10.5. The lowest BCUT2D eigenvalue weighted by atomic mass is 9.84. The Hall–Kier alpha value is -5.43. The van der Waals surface area contributed by atoms with Gasteiger partial charge < -0.3 is 29.2 Å². The minimum atomic E-state index is -1.55. The molecule has 13 nitrogen and oxygen atoms in total.